The Labute approximate surface area is 52.5 Å². The number of nitrogens with two attached hydrogens (primary N) is 1. The number of aryl methyl sites for hydroxylation is 1. The van der Waals surface area contributed by atoms with Crippen LogP contribution < -0.4 is 5.73 Å². The Morgan fingerprint density at radius 2 is 2.44 bits per heavy atom. The van der Waals surface area contributed by atoms with Crippen molar-refractivity contribution in [2.45, 2.75) is 6.92 Å². The molecule has 0 radical (unpaired) electrons. The molecule has 0 bridgehead atoms. The van der Waals surface area contributed by atoms with Crippen molar-refractivity contribution in [3.63, 3.8) is 0 Å². The summed E-state index contributed by atoms with van der Waals surface area (Å²) < 4.78 is 4.75. The quantitative estimate of drug-likeness (QED) is 0.600. The van der Waals surface area contributed by atoms with Gasteiger partial charge in [-0.3, -0.25) is 4.79 Å². The van der Waals surface area contributed by atoms with E-state index < -0.39 is 5.91 Å². The minimum Gasteiger partial charge on any atom is -0.459 e. The molecule has 2 N–H and O–H groups in total. The molecule has 1 rings (SSSR count). The maximum Gasteiger partial charge on any atom is 0.284 e. The van der Waals surface area contributed by atoms with Crippen molar-refractivity contribution in [1.82, 2.24) is 0 Å². The summed E-state index contributed by atoms with van der Waals surface area (Å²) in [6.45, 7) is 1.77. The van der Waals surface area contributed by atoms with E-state index in [0.717, 1.165) is 5.56 Å². The van der Waals surface area contributed by atoms with Gasteiger partial charge in [0.15, 0.2) is 5.76 Å². The summed E-state index contributed by atoms with van der Waals surface area (Å²) in [7, 11) is 0. The monoisotopic (exact) mass is 125 g/mol. The molecule has 0 saturated heterocycles. The zero-order chi connectivity index (χ0) is 6.85. The van der Waals surface area contributed by atoms with Gasteiger partial charge in [0.05, 0.1) is 6.26 Å². The van der Waals surface area contributed by atoms with Crippen LogP contribution in [0.5, 0.6) is 0 Å². The van der Waals surface area contributed by atoms with Gasteiger partial charge in [0.25, 0.3) is 5.91 Å². The number of hydrogen-bond acceptors (Lipinski definition) is 2. The Balaban J connectivity index is 3.08. The first-order valence-corrected chi connectivity index (χ1v) is 2.55. The lowest BCUT2D eigenvalue weighted by molar-refractivity contribution is 0.0973. The van der Waals surface area contributed by atoms with Gasteiger partial charge in [-0.05, 0) is 13.0 Å². The Kier molecular flexibility index (Phi) is 1.26. The second-order valence-corrected chi connectivity index (χ2v) is 1.80. The predicted molar refractivity (Wildman–Crippen MR) is 32.0 cm³/mol. The average Bonchev–Trinajstić information content (AvgIpc) is 2.13. The van der Waals surface area contributed by atoms with E-state index in [1.54, 1.807) is 13.0 Å². The number of rotatable bonds is 1. The summed E-state index contributed by atoms with van der Waals surface area (Å²) >= 11 is 0. The average molecular weight is 125 g/mol. The van der Waals surface area contributed by atoms with E-state index in [4.69, 9.17) is 10.2 Å². The molecule has 0 aliphatic rings. The topological polar surface area (TPSA) is 56.2 Å². The third-order valence-electron chi connectivity index (χ3n) is 1.09. The standard InChI is InChI=1S/C6H7NO2/c1-4-2-3-9-5(4)6(7)8/h2-3H,1H3,(H2,7,8). The molecule has 0 aromatic carbocycles. The first-order chi connectivity index (χ1) is 4.22. The van der Waals surface area contributed by atoms with Crippen molar-refractivity contribution in [2.75, 3.05) is 0 Å². The maximum atomic E-state index is 10.4. The second kappa shape index (κ2) is 1.93. The van der Waals surface area contributed by atoms with Crippen LogP contribution in [-0.2, 0) is 0 Å². The third kappa shape index (κ3) is 0.937. The molecule has 0 atom stereocenters. The minimum atomic E-state index is -0.516. The van der Waals surface area contributed by atoms with E-state index in [1.807, 2.05) is 0 Å². The van der Waals surface area contributed by atoms with E-state index >= 15 is 0 Å². The molecule has 1 heterocycles. The lowest BCUT2D eigenvalue weighted by Gasteiger charge is -1.86. The maximum absolute atomic E-state index is 10.4. The highest BCUT2D eigenvalue weighted by Gasteiger charge is 2.05. The van der Waals surface area contributed by atoms with E-state index in [0.29, 0.717) is 0 Å². The van der Waals surface area contributed by atoms with E-state index in [-0.39, 0.29) is 5.76 Å². The molecule has 0 fully saturated rings. The Hall–Kier alpha value is -1.25. The van der Waals surface area contributed by atoms with Crippen LogP contribution in [0.3, 0.4) is 0 Å². The number of amides is 1. The zero-order valence-electron chi connectivity index (χ0n) is 5.05. The number of hydrogen-bond donors (Lipinski definition) is 1. The van der Waals surface area contributed by atoms with Crippen LogP contribution in [-0.4, -0.2) is 5.91 Å². The first kappa shape index (κ1) is 5.88. The summed E-state index contributed by atoms with van der Waals surface area (Å²) in [6, 6.07) is 1.69. The van der Waals surface area contributed by atoms with Crippen molar-refractivity contribution in [3.8, 4) is 0 Å². The van der Waals surface area contributed by atoms with Crippen LogP contribution in [0.1, 0.15) is 16.1 Å². The fourth-order valence-corrected chi connectivity index (χ4v) is 0.625. The van der Waals surface area contributed by atoms with Crippen LogP contribution in [0.15, 0.2) is 16.7 Å². The Bertz CT molecular complexity index is 227. The first-order valence-electron chi connectivity index (χ1n) is 2.55. The molecule has 3 nitrogen and oxygen atoms in total. The highest BCUT2D eigenvalue weighted by atomic mass is 16.3. The molecule has 0 aliphatic heterocycles. The number of carbonyl (C=O) groups excluding carboxylic acids is 1. The van der Waals surface area contributed by atoms with Gasteiger partial charge < -0.3 is 10.2 Å². The number of carbonyl (C=O) groups is 1. The van der Waals surface area contributed by atoms with Crippen LogP contribution in [0.2, 0.25) is 0 Å². The second-order valence-electron chi connectivity index (χ2n) is 1.80. The van der Waals surface area contributed by atoms with Crippen molar-refractivity contribution in [2.24, 2.45) is 5.73 Å². The molecule has 0 spiro atoms. The SMILES string of the molecule is Cc1ccoc1C(N)=O. The molecular weight excluding hydrogens is 118 g/mol. The molecule has 1 aromatic heterocycles. The molecule has 3 heteroatoms. The van der Waals surface area contributed by atoms with Gasteiger partial charge in [0.2, 0.25) is 0 Å². The van der Waals surface area contributed by atoms with Crippen LogP contribution in [0.4, 0.5) is 0 Å². The summed E-state index contributed by atoms with van der Waals surface area (Å²) in [6.07, 6.45) is 1.44. The van der Waals surface area contributed by atoms with Crippen LogP contribution >= 0.6 is 0 Å². The lowest BCUT2D eigenvalue weighted by atomic mass is 10.3. The lowest BCUT2D eigenvalue weighted by Crippen LogP contribution is -2.10. The Morgan fingerprint density at radius 1 is 1.78 bits per heavy atom. The van der Waals surface area contributed by atoms with Crippen molar-refractivity contribution in [1.29, 1.82) is 0 Å². The molecule has 48 valence electrons. The van der Waals surface area contributed by atoms with Crippen LogP contribution in [0, 0.1) is 6.92 Å². The van der Waals surface area contributed by atoms with Gasteiger partial charge in [-0.2, -0.15) is 0 Å². The largest absolute Gasteiger partial charge is 0.459 e. The third-order valence-corrected chi connectivity index (χ3v) is 1.09. The number of primary amides is 1. The van der Waals surface area contributed by atoms with Crippen molar-refractivity contribution >= 4 is 5.91 Å². The fraction of sp³-hybridized carbons (Fsp3) is 0.167. The number of furan rings is 1. The van der Waals surface area contributed by atoms with Crippen LogP contribution in [0.25, 0.3) is 0 Å². The summed E-state index contributed by atoms with van der Waals surface area (Å²) in [4.78, 5) is 10.4. The summed E-state index contributed by atoms with van der Waals surface area (Å²) in [5.74, 6) is -0.271. The van der Waals surface area contributed by atoms with Gasteiger partial charge in [0.1, 0.15) is 0 Å². The highest BCUT2D eigenvalue weighted by molar-refractivity contribution is 5.91. The van der Waals surface area contributed by atoms with Gasteiger partial charge in [-0.1, -0.05) is 0 Å². The molecule has 9 heavy (non-hydrogen) atoms. The van der Waals surface area contributed by atoms with Gasteiger partial charge in [0, 0.05) is 5.56 Å². The van der Waals surface area contributed by atoms with Gasteiger partial charge in [-0.15, -0.1) is 0 Å². The minimum absolute atomic E-state index is 0.245. The summed E-state index contributed by atoms with van der Waals surface area (Å²) in [5.41, 5.74) is 5.71. The molecule has 0 unspecified atom stereocenters. The van der Waals surface area contributed by atoms with E-state index in [1.165, 1.54) is 6.26 Å². The fourth-order valence-electron chi connectivity index (χ4n) is 0.625. The molecule has 1 aromatic rings. The van der Waals surface area contributed by atoms with Crippen molar-refractivity contribution < 1.29 is 9.21 Å². The van der Waals surface area contributed by atoms with Gasteiger partial charge in [-0.25, -0.2) is 0 Å². The molecule has 1 amide bonds. The molecular formula is C6H7NO2. The van der Waals surface area contributed by atoms with E-state index in [2.05, 4.69) is 0 Å². The highest BCUT2D eigenvalue weighted by Crippen LogP contribution is 2.06. The molecule has 0 saturated carbocycles. The smallest absolute Gasteiger partial charge is 0.284 e. The van der Waals surface area contributed by atoms with Gasteiger partial charge >= 0.3 is 0 Å². The van der Waals surface area contributed by atoms with E-state index in [9.17, 15) is 4.79 Å². The Morgan fingerprint density at radius 3 is 2.67 bits per heavy atom. The predicted octanol–water partition coefficient (Wildman–Crippen LogP) is 0.687. The molecule has 0 aliphatic carbocycles. The normalized spacial score (nSPS) is 9.44. The zero-order valence-corrected chi connectivity index (χ0v) is 5.05. The summed E-state index contributed by atoms with van der Waals surface area (Å²) in [5, 5.41) is 0. The van der Waals surface area contributed by atoms with Crippen molar-refractivity contribution in [3.05, 3.63) is 23.7 Å².